The van der Waals surface area contributed by atoms with Gasteiger partial charge in [0.05, 0.1) is 23.7 Å². The van der Waals surface area contributed by atoms with Crippen LogP contribution in [0, 0.1) is 0 Å². The fourth-order valence-corrected chi connectivity index (χ4v) is 4.31. The second-order valence-corrected chi connectivity index (χ2v) is 9.22. The molecule has 0 spiro atoms. The molecule has 1 aromatic carbocycles. The Morgan fingerprint density at radius 2 is 1.89 bits per heavy atom. The van der Waals surface area contributed by atoms with E-state index in [1.165, 1.54) is 20.2 Å². The van der Waals surface area contributed by atoms with Crippen LogP contribution in [-0.4, -0.2) is 78.2 Å². The van der Waals surface area contributed by atoms with Crippen molar-refractivity contribution in [1.82, 2.24) is 14.9 Å². The molecule has 3 rings (SSSR count). The third-order valence-corrected chi connectivity index (χ3v) is 6.83. The summed E-state index contributed by atoms with van der Waals surface area (Å²) in [6.45, 7) is 4.27. The third kappa shape index (κ3) is 4.60. The van der Waals surface area contributed by atoms with E-state index in [-0.39, 0.29) is 16.8 Å². The van der Waals surface area contributed by atoms with Crippen LogP contribution >= 0.6 is 0 Å². The van der Waals surface area contributed by atoms with Gasteiger partial charge in [0.2, 0.25) is 10.0 Å². The molecule has 1 aromatic rings. The highest BCUT2D eigenvalue weighted by Gasteiger charge is 2.25. The van der Waals surface area contributed by atoms with Gasteiger partial charge in [-0.05, 0) is 44.1 Å². The Morgan fingerprint density at radius 3 is 2.52 bits per heavy atom. The molecule has 8 nitrogen and oxygen atoms in total. The van der Waals surface area contributed by atoms with Gasteiger partial charge in [0.15, 0.2) is 0 Å². The zero-order valence-corrected chi connectivity index (χ0v) is 16.7. The monoisotopic (exact) mass is 396 g/mol. The summed E-state index contributed by atoms with van der Waals surface area (Å²) in [6.07, 6.45) is 1.74. The molecule has 9 heteroatoms. The molecular formula is C18H28N4O4S. The van der Waals surface area contributed by atoms with Gasteiger partial charge in [0.25, 0.3) is 5.91 Å². The van der Waals surface area contributed by atoms with Crippen LogP contribution in [0.15, 0.2) is 23.1 Å². The number of ether oxygens (including phenoxy) is 1. The Labute approximate surface area is 160 Å². The first-order valence-corrected chi connectivity index (χ1v) is 10.7. The smallest absolute Gasteiger partial charge is 0.253 e. The van der Waals surface area contributed by atoms with E-state index in [0.29, 0.717) is 31.9 Å². The second kappa shape index (κ2) is 8.55. The van der Waals surface area contributed by atoms with Crippen molar-refractivity contribution in [3.63, 3.8) is 0 Å². The van der Waals surface area contributed by atoms with Crippen LogP contribution in [0.1, 0.15) is 23.2 Å². The maximum atomic E-state index is 13.0. The molecule has 0 aromatic heterocycles. The summed E-state index contributed by atoms with van der Waals surface area (Å²) in [5.41, 5.74) is 1.15. The molecule has 0 bridgehead atoms. The van der Waals surface area contributed by atoms with E-state index < -0.39 is 10.0 Å². The molecule has 0 aliphatic carbocycles. The van der Waals surface area contributed by atoms with Crippen LogP contribution in [0.3, 0.4) is 0 Å². The molecule has 27 heavy (non-hydrogen) atoms. The number of rotatable bonds is 5. The van der Waals surface area contributed by atoms with E-state index in [4.69, 9.17) is 4.74 Å². The van der Waals surface area contributed by atoms with Crippen molar-refractivity contribution < 1.29 is 17.9 Å². The van der Waals surface area contributed by atoms with Crippen molar-refractivity contribution in [2.45, 2.75) is 23.8 Å². The number of piperidine rings is 1. The van der Waals surface area contributed by atoms with Crippen LogP contribution in [0.25, 0.3) is 0 Å². The summed E-state index contributed by atoms with van der Waals surface area (Å²) in [7, 11) is -0.641. The van der Waals surface area contributed by atoms with Crippen molar-refractivity contribution in [2.75, 3.05) is 58.4 Å². The summed E-state index contributed by atoms with van der Waals surface area (Å²) in [6, 6.07) is 4.90. The quantitative estimate of drug-likeness (QED) is 0.742. The zero-order chi connectivity index (χ0) is 19.4. The predicted molar refractivity (Wildman–Crippen MR) is 104 cm³/mol. The molecule has 2 heterocycles. The van der Waals surface area contributed by atoms with Gasteiger partial charge in [-0.25, -0.2) is 12.7 Å². The summed E-state index contributed by atoms with van der Waals surface area (Å²) in [5.74, 6) is -0.223. The number of amides is 1. The molecule has 2 aliphatic heterocycles. The maximum Gasteiger partial charge on any atom is 0.253 e. The van der Waals surface area contributed by atoms with Crippen LogP contribution in [0.5, 0.6) is 0 Å². The minimum atomic E-state index is -3.61. The van der Waals surface area contributed by atoms with E-state index >= 15 is 0 Å². The van der Waals surface area contributed by atoms with Gasteiger partial charge in [-0.15, -0.1) is 0 Å². The van der Waals surface area contributed by atoms with Gasteiger partial charge in [0, 0.05) is 38.9 Å². The average molecular weight is 397 g/mol. The highest BCUT2D eigenvalue weighted by atomic mass is 32.2. The van der Waals surface area contributed by atoms with Crippen molar-refractivity contribution in [2.24, 2.45) is 0 Å². The number of carbonyl (C=O) groups is 1. The number of anilines is 1. The lowest BCUT2D eigenvalue weighted by Crippen LogP contribution is -2.43. The van der Waals surface area contributed by atoms with Gasteiger partial charge in [-0.2, -0.15) is 0 Å². The highest BCUT2D eigenvalue weighted by Crippen LogP contribution is 2.26. The molecule has 0 unspecified atom stereocenters. The first kappa shape index (κ1) is 20.1. The molecule has 2 N–H and O–H groups in total. The highest BCUT2D eigenvalue weighted by molar-refractivity contribution is 7.89. The molecule has 0 radical (unpaired) electrons. The average Bonchev–Trinajstić information content (AvgIpc) is 2.68. The molecule has 0 saturated carbocycles. The van der Waals surface area contributed by atoms with Crippen LogP contribution in [0.2, 0.25) is 0 Å². The van der Waals surface area contributed by atoms with Gasteiger partial charge in [-0.1, -0.05) is 0 Å². The Bertz CT molecular complexity index is 770. The van der Waals surface area contributed by atoms with E-state index in [1.54, 1.807) is 12.1 Å². The van der Waals surface area contributed by atoms with E-state index in [0.717, 1.165) is 35.9 Å². The Kier molecular flexibility index (Phi) is 6.36. The fourth-order valence-electron chi connectivity index (χ4n) is 3.38. The minimum Gasteiger partial charge on any atom is -0.378 e. The normalized spacial score (nSPS) is 19.3. The van der Waals surface area contributed by atoms with Gasteiger partial charge in [0.1, 0.15) is 0 Å². The number of sulfonamides is 1. The van der Waals surface area contributed by atoms with E-state index in [1.807, 2.05) is 0 Å². The zero-order valence-electron chi connectivity index (χ0n) is 15.9. The molecule has 150 valence electrons. The predicted octanol–water partition coefficient (Wildman–Crippen LogP) is 0.255. The molecule has 0 atom stereocenters. The molecular weight excluding hydrogens is 368 g/mol. The fraction of sp³-hybridized carbons (Fsp3) is 0.611. The number of benzene rings is 1. The summed E-state index contributed by atoms with van der Waals surface area (Å²) < 4.78 is 31.6. The molecule has 1 amide bonds. The lowest BCUT2D eigenvalue weighted by atomic mass is 10.1. The second-order valence-electron chi connectivity index (χ2n) is 7.06. The Balaban J connectivity index is 1.94. The SMILES string of the molecule is CN(C)S(=O)(=O)c1ccc(N2CCOCC2)c(C(=O)NC2CCNCC2)c1. The van der Waals surface area contributed by atoms with Crippen molar-refractivity contribution >= 4 is 21.6 Å². The topological polar surface area (TPSA) is 91.0 Å². The molecule has 2 aliphatic rings. The third-order valence-electron chi connectivity index (χ3n) is 5.02. The van der Waals surface area contributed by atoms with Crippen LogP contribution in [0.4, 0.5) is 5.69 Å². The first-order chi connectivity index (χ1) is 12.9. The van der Waals surface area contributed by atoms with Gasteiger partial charge < -0.3 is 20.3 Å². The number of hydrogen-bond acceptors (Lipinski definition) is 6. The molecule has 2 fully saturated rings. The number of carbonyl (C=O) groups excluding carboxylic acids is 1. The number of morpholine rings is 1. The Hall–Kier alpha value is -1.68. The standard InChI is InChI=1S/C18H28N4O4S/c1-21(2)27(24,25)15-3-4-17(22-9-11-26-12-10-22)16(13-15)18(23)20-14-5-7-19-8-6-14/h3-4,13-14,19H,5-12H2,1-2H3,(H,20,23). The number of hydrogen-bond donors (Lipinski definition) is 2. The largest absolute Gasteiger partial charge is 0.378 e. The number of nitrogens with one attached hydrogen (secondary N) is 2. The first-order valence-electron chi connectivity index (χ1n) is 9.30. The summed E-state index contributed by atoms with van der Waals surface area (Å²) >= 11 is 0. The minimum absolute atomic E-state index is 0.102. The van der Waals surface area contributed by atoms with Crippen molar-refractivity contribution in [1.29, 1.82) is 0 Å². The van der Waals surface area contributed by atoms with Crippen molar-refractivity contribution in [3.8, 4) is 0 Å². The van der Waals surface area contributed by atoms with Crippen LogP contribution < -0.4 is 15.5 Å². The number of nitrogens with zero attached hydrogens (tertiary/aromatic N) is 2. The summed E-state index contributed by atoms with van der Waals surface area (Å²) in [4.78, 5) is 15.2. The van der Waals surface area contributed by atoms with Gasteiger partial charge >= 0.3 is 0 Å². The molecule has 2 saturated heterocycles. The van der Waals surface area contributed by atoms with E-state index in [2.05, 4.69) is 15.5 Å². The Morgan fingerprint density at radius 1 is 1.22 bits per heavy atom. The van der Waals surface area contributed by atoms with E-state index in [9.17, 15) is 13.2 Å². The summed E-state index contributed by atoms with van der Waals surface area (Å²) in [5, 5.41) is 6.35. The van der Waals surface area contributed by atoms with Crippen LogP contribution in [-0.2, 0) is 14.8 Å². The lowest BCUT2D eigenvalue weighted by molar-refractivity contribution is 0.0928. The lowest BCUT2D eigenvalue weighted by Gasteiger charge is -2.31. The van der Waals surface area contributed by atoms with Crippen molar-refractivity contribution in [3.05, 3.63) is 23.8 Å². The maximum absolute atomic E-state index is 13.0. The van der Waals surface area contributed by atoms with Gasteiger partial charge in [-0.3, -0.25) is 4.79 Å².